The predicted octanol–water partition coefficient (Wildman–Crippen LogP) is 2.82. The molecule has 1 aromatic carbocycles. The van der Waals surface area contributed by atoms with E-state index >= 15 is 0 Å². The number of hydrogen-bond donors (Lipinski definition) is 1. The van der Waals surface area contributed by atoms with Gasteiger partial charge in [-0.3, -0.25) is 4.79 Å². The Morgan fingerprint density at radius 2 is 2.16 bits per heavy atom. The average molecular weight is 376 g/mol. The molecular weight excluding hydrogens is 354 g/mol. The molecule has 0 aromatic heterocycles. The van der Waals surface area contributed by atoms with Crippen LogP contribution in [0.5, 0.6) is 5.75 Å². The molecule has 1 fully saturated rings. The van der Waals surface area contributed by atoms with Crippen molar-refractivity contribution < 1.29 is 26.7 Å². The molecule has 0 bridgehead atoms. The Morgan fingerprint density at radius 3 is 2.84 bits per heavy atom. The zero-order valence-electron chi connectivity index (χ0n) is 14.0. The lowest BCUT2D eigenvalue weighted by Gasteiger charge is -2.33. The smallest absolute Gasteiger partial charge is 0.387 e. The number of nitrogens with zero attached hydrogens (tertiary/aromatic N) is 1. The number of piperidine rings is 1. The number of hydrogen-bond acceptors (Lipinski definition) is 4. The van der Waals surface area contributed by atoms with E-state index in [1.807, 2.05) is 0 Å². The number of nitrogens with one attached hydrogen (secondary N) is 1. The molecule has 2 rings (SSSR count). The second-order valence-corrected chi connectivity index (χ2v) is 7.87. The first-order valence-electron chi connectivity index (χ1n) is 8.18. The van der Waals surface area contributed by atoms with E-state index in [0.29, 0.717) is 25.8 Å². The van der Waals surface area contributed by atoms with Gasteiger partial charge >= 0.3 is 6.61 Å². The van der Waals surface area contributed by atoms with E-state index < -0.39 is 28.6 Å². The first kappa shape index (κ1) is 19.6. The number of carbonyl (C=O) groups excluding carboxylic acids is 1. The van der Waals surface area contributed by atoms with E-state index in [0.717, 1.165) is 6.42 Å². The summed E-state index contributed by atoms with van der Waals surface area (Å²) in [5.74, 6) is -0.547. The maximum absolute atomic E-state index is 12.6. The number of halogens is 2. The highest BCUT2D eigenvalue weighted by molar-refractivity contribution is 7.89. The molecule has 1 aromatic rings. The Morgan fingerprint density at radius 1 is 1.40 bits per heavy atom. The highest BCUT2D eigenvalue weighted by Gasteiger charge is 2.36. The summed E-state index contributed by atoms with van der Waals surface area (Å²) < 4.78 is 54.9. The van der Waals surface area contributed by atoms with Crippen molar-refractivity contribution in [2.75, 3.05) is 17.6 Å². The van der Waals surface area contributed by atoms with Gasteiger partial charge in [0.1, 0.15) is 11.8 Å². The minimum Gasteiger partial charge on any atom is -0.435 e. The fourth-order valence-electron chi connectivity index (χ4n) is 2.85. The Hall–Kier alpha value is -1.74. The minimum atomic E-state index is -3.50. The fourth-order valence-corrected chi connectivity index (χ4v) is 4.60. The molecule has 1 atom stereocenters. The molecule has 140 valence electrons. The topological polar surface area (TPSA) is 75.7 Å². The summed E-state index contributed by atoms with van der Waals surface area (Å²) in [5, 5.41) is 2.60. The van der Waals surface area contributed by atoms with Gasteiger partial charge in [-0.2, -0.15) is 13.1 Å². The summed E-state index contributed by atoms with van der Waals surface area (Å²) >= 11 is 0. The van der Waals surface area contributed by atoms with Gasteiger partial charge in [0, 0.05) is 18.3 Å². The van der Waals surface area contributed by atoms with Gasteiger partial charge in [0.2, 0.25) is 15.9 Å². The summed E-state index contributed by atoms with van der Waals surface area (Å²) in [6.45, 7) is -0.876. The Kier molecular flexibility index (Phi) is 6.71. The molecule has 0 radical (unpaired) electrons. The van der Waals surface area contributed by atoms with E-state index in [4.69, 9.17) is 0 Å². The second-order valence-electron chi connectivity index (χ2n) is 5.83. The molecule has 1 amide bonds. The van der Waals surface area contributed by atoms with Crippen molar-refractivity contribution in [1.29, 1.82) is 0 Å². The third-order valence-corrected chi connectivity index (χ3v) is 5.98. The van der Waals surface area contributed by atoms with Crippen LogP contribution in [0.1, 0.15) is 32.6 Å². The highest BCUT2D eigenvalue weighted by atomic mass is 32.2. The van der Waals surface area contributed by atoms with E-state index in [2.05, 4.69) is 10.1 Å². The third kappa shape index (κ3) is 5.37. The number of rotatable bonds is 7. The zero-order valence-corrected chi connectivity index (χ0v) is 14.8. The Labute approximate surface area is 146 Å². The van der Waals surface area contributed by atoms with Crippen molar-refractivity contribution in [3.05, 3.63) is 24.3 Å². The molecule has 25 heavy (non-hydrogen) atoms. The number of carbonyl (C=O) groups is 1. The molecule has 1 heterocycles. The van der Waals surface area contributed by atoms with Crippen molar-refractivity contribution in [3.63, 3.8) is 0 Å². The van der Waals surface area contributed by atoms with Crippen LogP contribution in [-0.2, 0) is 14.8 Å². The number of amides is 1. The van der Waals surface area contributed by atoms with E-state index in [9.17, 15) is 22.0 Å². The Balaban J connectivity index is 2.12. The number of anilines is 1. The molecule has 6 nitrogen and oxygen atoms in total. The summed E-state index contributed by atoms with van der Waals surface area (Å²) in [7, 11) is -3.50. The van der Waals surface area contributed by atoms with Gasteiger partial charge in [0.05, 0.1) is 5.75 Å². The van der Waals surface area contributed by atoms with E-state index in [-0.39, 0.29) is 17.2 Å². The fraction of sp³-hybridized carbons (Fsp3) is 0.562. The van der Waals surface area contributed by atoms with Crippen LogP contribution < -0.4 is 10.1 Å². The van der Waals surface area contributed by atoms with Gasteiger partial charge in [-0.05, 0) is 31.4 Å². The SMILES string of the molecule is CCCS(=O)(=O)N1CCCCC1C(=O)Nc1cccc(OC(F)F)c1. The lowest BCUT2D eigenvalue weighted by Crippen LogP contribution is -2.50. The number of ether oxygens (including phenoxy) is 1. The molecule has 0 spiro atoms. The lowest BCUT2D eigenvalue weighted by atomic mass is 10.0. The average Bonchev–Trinajstić information content (AvgIpc) is 2.54. The maximum Gasteiger partial charge on any atom is 0.387 e. The van der Waals surface area contributed by atoms with Crippen LogP contribution >= 0.6 is 0 Å². The van der Waals surface area contributed by atoms with Gasteiger partial charge < -0.3 is 10.1 Å². The number of sulfonamides is 1. The van der Waals surface area contributed by atoms with Gasteiger partial charge in [-0.15, -0.1) is 0 Å². The maximum atomic E-state index is 12.6. The van der Waals surface area contributed by atoms with Gasteiger partial charge in [0.15, 0.2) is 0 Å². The minimum absolute atomic E-state index is 0.00546. The number of alkyl halides is 2. The largest absolute Gasteiger partial charge is 0.435 e. The molecule has 0 saturated carbocycles. The highest BCUT2D eigenvalue weighted by Crippen LogP contribution is 2.24. The molecule has 1 unspecified atom stereocenters. The molecule has 0 aliphatic carbocycles. The summed E-state index contributed by atoms with van der Waals surface area (Å²) in [6.07, 6.45) is 2.37. The standard InChI is InChI=1S/C16H22F2N2O4S/c1-2-10-25(22,23)20-9-4-3-8-14(20)15(21)19-12-6-5-7-13(11-12)24-16(17)18/h5-7,11,14,16H,2-4,8-10H2,1H3,(H,19,21). The van der Waals surface area contributed by atoms with Crippen molar-refractivity contribution >= 4 is 21.6 Å². The molecule has 1 aliphatic heterocycles. The van der Waals surface area contributed by atoms with E-state index in [1.54, 1.807) is 6.92 Å². The molecule has 9 heteroatoms. The van der Waals surface area contributed by atoms with Crippen molar-refractivity contribution in [1.82, 2.24) is 4.31 Å². The van der Waals surface area contributed by atoms with Crippen LogP contribution in [0, 0.1) is 0 Å². The summed E-state index contributed by atoms with van der Waals surface area (Å²) in [4.78, 5) is 12.6. The molecule has 1 N–H and O–H groups in total. The van der Waals surface area contributed by atoms with Crippen molar-refractivity contribution in [2.45, 2.75) is 45.3 Å². The number of benzene rings is 1. The monoisotopic (exact) mass is 376 g/mol. The van der Waals surface area contributed by atoms with Crippen LogP contribution in [0.4, 0.5) is 14.5 Å². The van der Waals surface area contributed by atoms with Crippen LogP contribution in [0.3, 0.4) is 0 Å². The molecule has 1 saturated heterocycles. The predicted molar refractivity (Wildman–Crippen MR) is 90.1 cm³/mol. The summed E-state index contributed by atoms with van der Waals surface area (Å²) in [5.41, 5.74) is 0.279. The van der Waals surface area contributed by atoms with Gasteiger partial charge in [0.25, 0.3) is 0 Å². The van der Waals surface area contributed by atoms with Crippen molar-refractivity contribution in [3.8, 4) is 5.75 Å². The Bertz CT molecular complexity index is 697. The molecule has 1 aliphatic rings. The van der Waals surface area contributed by atoms with Crippen LogP contribution in [0.25, 0.3) is 0 Å². The van der Waals surface area contributed by atoms with Gasteiger partial charge in [-0.25, -0.2) is 8.42 Å². The van der Waals surface area contributed by atoms with Gasteiger partial charge in [-0.1, -0.05) is 19.4 Å². The van der Waals surface area contributed by atoms with Crippen LogP contribution in [0.2, 0.25) is 0 Å². The van der Waals surface area contributed by atoms with Crippen molar-refractivity contribution in [2.24, 2.45) is 0 Å². The van der Waals surface area contributed by atoms with Crippen LogP contribution in [0.15, 0.2) is 24.3 Å². The second kappa shape index (κ2) is 8.57. The lowest BCUT2D eigenvalue weighted by molar-refractivity contribution is -0.120. The van der Waals surface area contributed by atoms with E-state index in [1.165, 1.54) is 28.6 Å². The van der Waals surface area contributed by atoms with Crippen LogP contribution in [-0.4, -0.2) is 43.6 Å². The quantitative estimate of drug-likeness (QED) is 0.794. The zero-order chi connectivity index (χ0) is 18.4. The third-order valence-electron chi connectivity index (χ3n) is 3.90. The first-order valence-corrected chi connectivity index (χ1v) is 9.79. The first-order chi connectivity index (χ1) is 11.8. The normalized spacial score (nSPS) is 19.0. The summed E-state index contributed by atoms with van der Waals surface area (Å²) in [6, 6.07) is 4.84. The molecular formula is C16H22F2N2O4S.